The molecule has 0 aliphatic rings. The Bertz CT molecular complexity index is 541. The summed E-state index contributed by atoms with van der Waals surface area (Å²) in [6.07, 6.45) is 0. The number of aromatic nitrogens is 3. The quantitative estimate of drug-likeness (QED) is 0.859. The molecule has 1 aromatic heterocycles. The molecule has 4 nitrogen and oxygen atoms in total. The number of methoxy groups -OCH3 is 1. The molecule has 0 fully saturated rings. The predicted molar refractivity (Wildman–Crippen MR) is 61.9 cm³/mol. The molecule has 0 spiro atoms. The summed E-state index contributed by atoms with van der Waals surface area (Å²) in [6, 6.07) is 6.43. The van der Waals surface area contributed by atoms with Crippen molar-refractivity contribution in [2.75, 3.05) is 7.11 Å². The van der Waals surface area contributed by atoms with Crippen LogP contribution in [0.1, 0.15) is 0 Å². The van der Waals surface area contributed by atoms with Gasteiger partial charge in [-0.3, -0.25) is 0 Å². The van der Waals surface area contributed by atoms with E-state index in [1.54, 1.807) is 18.2 Å². The SMILES string of the molecule is COc1nc(Cl)nc(Sc2ccccc2F)n1. The number of hydrogen-bond acceptors (Lipinski definition) is 5. The van der Waals surface area contributed by atoms with Gasteiger partial charge in [-0.15, -0.1) is 0 Å². The van der Waals surface area contributed by atoms with Crippen LogP contribution in [0, 0.1) is 5.82 Å². The number of benzene rings is 1. The van der Waals surface area contributed by atoms with E-state index in [2.05, 4.69) is 15.0 Å². The zero-order valence-electron chi connectivity index (χ0n) is 8.72. The monoisotopic (exact) mass is 271 g/mol. The normalized spacial score (nSPS) is 10.3. The Labute approximate surface area is 106 Å². The Balaban J connectivity index is 2.30. The van der Waals surface area contributed by atoms with Gasteiger partial charge >= 0.3 is 6.01 Å². The van der Waals surface area contributed by atoms with Crippen molar-refractivity contribution in [3.63, 3.8) is 0 Å². The molecule has 0 saturated heterocycles. The first-order valence-corrected chi connectivity index (χ1v) is 5.76. The van der Waals surface area contributed by atoms with E-state index in [9.17, 15) is 4.39 Å². The van der Waals surface area contributed by atoms with E-state index in [1.165, 1.54) is 13.2 Å². The molecular weight excluding hydrogens is 265 g/mol. The van der Waals surface area contributed by atoms with Crippen molar-refractivity contribution in [1.29, 1.82) is 0 Å². The molecule has 0 aliphatic carbocycles. The van der Waals surface area contributed by atoms with Gasteiger partial charge in [0.25, 0.3) is 0 Å². The summed E-state index contributed by atoms with van der Waals surface area (Å²) in [6.45, 7) is 0. The van der Waals surface area contributed by atoms with Crippen LogP contribution in [0.3, 0.4) is 0 Å². The van der Waals surface area contributed by atoms with Crippen LogP contribution in [0.25, 0.3) is 0 Å². The summed E-state index contributed by atoms with van der Waals surface area (Å²) in [5, 5.41) is 0.294. The smallest absolute Gasteiger partial charge is 0.321 e. The van der Waals surface area contributed by atoms with E-state index in [0.717, 1.165) is 11.8 Å². The molecule has 1 aromatic carbocycles. The van der Waals surface area contributed by atoms with Crippen LogP contribution >= 0.6 is 23.4 Å². The number of rotatable bonds is 3. The minimum absolute atomic E-state index is 0.00990. The van der Waals surface area contributed by atoms with Crippen LogP contribution in [-0.4, -0.2) is 22.1 Å². The van der Waals surface area contributed by atoms with Gasteiger partial charge < -0.3 is 4.74 Å². The van der Waals surface area contributed by atoms with Gasteiger partial charge in [-0.2, -0.15) is 15.0 Å². The minimum Gasteiger partial charge on any atom is -0.467 e. The maximum absolute atomic E-state index is 13.4. The highest BCUT2D eigenvalue weighted by molar-refractivity contribution is 7.99. The summed E-state index contributed by atoms with van der Waals surface area (Å²) in [4.78, 5) is 12.0. The lowest BCUT2D eigenvalue weighted by Crippen LogP contribution is -1.97. The predicted octanol–water partition coefficient (Wildman–Crippen LogP) is 2.82. The molecule has 17 heavy (non-hydrogen) atoms. The van der Waals surface area contributed by atoms with Crippen molar-refractivity contribution >= 4 is 23.4 Å². The zero-order valence-corrected chi connectivity index (χ0v) is 10.3. The highest BCUT2D eigenvalue weighted by atomic mass is 35.5. The summed E-state index contributed by atoms with van der Waals surface area (Å²) in [7, 11) is 1.42. The van der Waals surface area contributed by atoms with Crippen molar-refractivity contribution in [1.82, 2.24) is 15.0 Å². The maximum Gasteiger partial charge on any atom is 0.321 e. The van der Waals surface area contributed by atoms with E-state index in [4.69, 9.17) is 16.3 Å². The lowest BCUT2D eigenvalue weighted by Gasteiger charge is -2.03. The average molecular weight is 272 g/mol. The van der Waals surface area contributed by atoms with Gasteiger partial charge in [-0.25, -0.2) is 4.39 Å². The Hall–Kier alpha value is -1.40. The van der Waals surface area contributed by atoms with Gasteiger partial charge in [-0.1, -0.05) is 12.1 Å². The Kier molecular flexibility index (Phi) is 3.75. The first-order chi connectivity index (χ1) is 8.19. The Morgan fingerprint density at radius 2 is 2.00 bits per heavy atom. The molecule has 0 bridgehead atoms. The van der Waals surface area contributed by atoms with Crippen molar-refractivity contribution in [2.24, 2.45) is 0 Å². The van der Waals surface area contributed by atoms with Crippen LogP contribution in [0.5, 0.6) is 6.01 Å². The summed E-state index contributed by atoms with van der Waals surface area (Å²) in [5.41, 5.74) is 0. The highest BCUT2D eigenvalue weighted by Crippen LogP contribution is 2.28. The number of nitrogens with zero attached hydrogens (tertiary/aromatic N) is 3. The van der Waals surface area contributed by atoms with Crippen LogP contribution in [0.2, 0.25) is 5.28 Å². The molecular formula is C10H7ClFN3OS. The van der Waals surface area contributed by atoms with Gasteiger partial charge in [-0.05, 0) is 35.5 Å². The number of hydrogen-bond donors (Lipinski definition) is 0. The molecule has 0 unspecified atom stereocenters. The third kappa shape index (κ3) is 3.04. The van der Waals surface area contributed by atoms with Gasteiger partial charge in [0.15, 0.2) is 5.16 Å². The number of halogens is 2. The fraction of sp³-hybridized carbons (Fsp3) is 0.100. The molecule has 0 saturated carbocycles. The second-order valence-corrected chi connectivity index (χ2v) is 4.25. The molecule has 2 rings (SSSR count). The molecule has 0 amide bonds. The standard InChI is InChI=1S/C10H7ClFN3OS/c1-16-9-13-8(11)14-10(15-9)17-7-5-3-2-4-6(7)12/h2-5H,1H3. The third-order valence-electron chi connectivity index (χ3n) is 1.79. The van der Waals surface area contributed by atoms with Crippen LogP contribution in [-0.2, 0) is 0 Å². The molecule has 0 radical (unpaired) electrons. The second kappa shape index (κ2) is 5.29. The molecule has 0 atom stereocenters. The van der Waals surface area contributed by atoms with Crippen molar-refractivity contribution < 1.29 is 9.13 Å². The van der Waals surface area contributed by atoms with Gasteiger partial charge in [0.1, 0.15) is 5.82 Å². The van der Waals surface area contributed by atoms with Crippen molar-refractivity contribution in [2.45, 2.75) is 10.1 Å². The molecule has 7 heteroatoms. The van der Waals surface area contributed by atoms with E-state index in [-0.39, 0.29) is 22.3 Å². The Morgan fingerprint density at radius 1 is 1.24 bits per heavy atom. The topological polar surface area (TPSA) is 47.9 Å². The fourth-order valence-electron chi connectivity index (χ4n) is 1.08. The van der Waals surface area contributed by atoms with Gasteiger partial charge in [0.05, 0.1) is 12.0 Å². The van der Waals surface area contributed by atoms with E-state index in [0.29, 0.717) is 4.90 Å². The molecule has 88 valence electrons. The second-order valence-electron chi connectivity index (χ2n) is 2.91. The fourth-order valence-corrected chi connectivity index (χ4v) is 2.04. The van der Waals surface area contributed by atoms with Crippen LogP contribution < -0.4 is 4.74 Å². The maximum atomic E-state index is 13.4. The van der Waals surface area contributed by atoms with Crippen molar-refractivity contribution in [3.8, 4) is 6.01 Å². The zero-order chi connectivity index (χ0) is 12.3. The molecule has 0 N–H and O–H groups in total. The average Bonchev–Trinajstić information content (AvgIpc) is 2.31. The van der Waals surface area contributed by atoms with E-state index >= 15 is 0 Å². The van der Waals surface area contributed by atoms with Gasteiger partial charge in [0.2, 0.25) is 5.28 Å². The highest BCUT2D eigenvalue weighted by Gasteiger charge is 2.09. The van der Waals surface area contributed by atoms with Gasteiger partial charge in [0, 0.05) is 0 Å². The molecule has 2 aromatic rings. The summed E-state index contributed by atoms with van der Waals surface area (Å²) in [5.74, 6) is -0.340. The minimum atomic E-state index is -0.340. The Morgan fingerprint density at radius 3 is 2.71 bits per heavy atom. The summed E-state index contributed by atoms with van der Waals surface area (Å²) >= 11 is 6.74. The largest absolute Gasteiger partial charge is 0.467 e. The third-order valence-corrected chi connectivity index (χ3v) is 2.87. The molecule has 1 heterocycles. The van der Waals surface area contributed by atoms with Crippen LogP contribution in [0.15, 0.2) is 34.3 Å². The van der Waals surface area contributed by atoms with Crippen LogP contribution in [0.4, 0.5) is 4.39 Å². The lowest BCUT2D eigenvalue weighted by atomic mass is 10.4. The lowest BCUT2D eigenvalue weighted by molar-refractivity contribution is 0.373. The first kappa shape index (κ1) is 12.1. The summed E-state index contributed by atoms with van der Waals surface area (Å²) < 4.78 is 18.3. The number of ether oxygens (including phenoxy) is 1. The molecule has 0 aliphatic heterocycles. The van der Waals surface area contributed by atoms with E-state index in [1.807, 2.05) is 0 Å². The van der Waals surface area contributed by atoms with E-state index < -0.39 is 0 Å². The van der Waals surface area contributed by atoms with Crippen molar-refractivity contribution in [3.05, 3.63) is 35.4 Å². The first-order valence-electron chi connectivity index (χ1n) is 4.57.